The van der Waals surface area contributed by atoms with Gasteiger partial charge >= 0.3 is 0 Å². The molecule has 0 fully saturated rings. The van der Waals surface area contributed by atoms with Crippen LogP contribution in [0.15, 0.2) is 72.9 Å². The molecule has 6 nitrogen and oxygen atoms in total. The summed E-state index contributed by atoms with van der Waals surface area (Å²) in [6.45, 7) is 0.353. The fourth-order valence-electron chi connectivity index (χ4n) is 2.71. The lowest BCUT2D eigenvalue weighted by Crippen LogP contribution is -2.29. The number of hydrogen-bond acceptors (Lipinski definition) is 4. The zero-order valence-electron chi connectivity index (χ0n) is 15.7. The van der Waals surface area contributed by atoms with Crippen LogP contribution in [-0.2, 0) is 23.1 Å². The second-order valence-electron chi connectivity index (χ2n) is 6.45. The minimum atomic E-state index is -3.57. The average molecular weight is 413 g/mol. The van der Waals surface area contributed by atoms with E-state index in [2.05, 4.69) is 10.3 Å². The van der Waals surface area contributed by atoms with Gasteiger partial charge in [-0.15, -0.1) is 0 Å². The molecule has 0 atom stereocenters. The van der Waals surface area contributed by atoms with Crippen molar-refractivity contribution < 1.29 is 17.6 Å². The predicted molar refractivity (Wildman–Crippen MR) is 109 cm³/mol. The molecule has 0 saturated carbocycles. The van der Waals surface area contributed by atoms with Gasteiger partial charge in [-0.3, -0.25) is 14.1 Å². The number of pyridine rings is 1. The minimum absolute atomic E-state index is 0.0599. The van der Waals surface area contributed by atoms with Crippen LogP contribution in [0.3, 0.4) is 0 Å². The van der Waals surface area contributed by atoms with Gasteiger partial charge in [0, 0.05) is 11.8 Å². The maximum Gasteiger partial charge on any atom is 0.251 e. The zero-order valence-corrected chi connectivity index (χ0v) is 16.6. The Morgan fingerprint density at radius 3 is 2.31 bits per heavy atom. The normalized spacial score (nSPS) is 11.1. The number of nitrogens with one attached hydrogen (secondary N) is 1. The summed E-state index contributed by atoms with van der Waals surface area (Å²) in [5.41, 5.74) is 2.20. The molecule has 3 aromatic rings. The summed E-state index contributed by atoms with van der Waals surface area (Å²) in [6, 6.07) is 17.3. The lowest BCUT2D eigenvalue weighted by Gasteiger charge is -2.22. The van der Waals surface area contributed by atoms with Crippen LogP contribution in [0.5, 0.6) is 0 Å². The van der Waals surface area contributed by atoms with E-state index in [1.54, 1.807) is 36.5 Å². The van der Waals surface area contributed by atoms with Crippen LogP contribution in [0.4, 0.5) is 10.1 Å². The first-order valence-electron chi connectivity index (χ1n) is 8.83. The molecule has 29 heavy (non-hydrogen) atoms. The summed E-state index contributed by atoms with van der Waals surface area (Å²) in [5, 5.41) is 2.77. The van der Waals surface area contributed by atoms with Crippen molar-refractivity contribution in [1.82, 2.24) is 10.3 Å². The van der Waals surface area contributed by atoms with Crippen LogP contribution >= 0.6 is 0 Å². The van der Waals surface area contributed by atoms with E-state index in [1.807, 2.05) is 12.1 Å². The summed E-state index contributed by atoms with van der Waals surface area (Å²) >= 11 is 0. The Morgan fingerprint density at radius 1 is 1.03 bits per heavy atom. The molecule has 0 unspecified atom stereocenters. The highest BCUT2D eigenvalue weighted by Gasteiger charge is 2.18. The molecule has 1 N–H and O–H groups in total. The number of rotatable bonds is 7. The van der Waals surface area contributed by atoms with Crippen molar-refractivity contribution in [3.05, 3.63) is 95.6 Å². The van der Waals surface area contributed by atoms with Crippen molar-refractivity contribution in [2.45, 2.75) is 13.1 Å². The standard InChI is InChI=1S/C21H20FN3O3S/c1-29(27,28)25(15-16-5-9-18(22)10-6-16)20-11-7-17(8-12-20)21(26)24-14-19-4-2-3-13-23-19/h2-13H,14-15H2,1H3,(H,24,26). The van der Waals surface area contributed by atoms with Gasteiger partial charge in [-0.05, 0) is 54.1 Å². The van der Waals surface area contributed by atoms with E-state index in [-0.39, 0.29) is 18.3 Å². The van der Waals surface area contributed by atoms with Gasteiger partial charge < -0.3 is 5.32 Å². The third-order valence-electron chi connectivity index (χ3n) is 4.21. The van der Waals surface area contributed by atoms with Crippen molar-refractivity contribution in [2.75, 3.05) is 10.6 Å². The van der Waals surface area contributed by atoms with Crippen molar-refractivity contribution >= 4 is 21.6 Å². The molecular weight excluding hydrogens is 393 g/mol. The zero-order chi connectivity index (χ0) is 20.9. The van der Waals surface area contributed by atoms with Crippen LogP contribution < -0.4 is 9.62 Å². The molecule has 2 aromatic carbocycles. The number of hydrogen-bond donors (Lipinski definition) is 1. The molecule has 1 heterocycles. The Balaban J connectivity index is 1.73. The minimum Gasteiger partial charge on any atom is -0.346 e. The summed E-state index contributed by atoms with van der Waals surface area (Å²) in [5.74, 6) is -0.674. The average Bonchev–Trinajstić information content (AvgIpc) is 2.71. The van der Waals surface area contributed by atoms with E-state index < -0.39 is 10.0 Å². The van der Waals surface area contributed by atoms with Gasteiger partial charge in [0.1, 0.15) is 5.82 Å². The smallest absolute Gasteiger partial charge is 0.251 e. The topological polar surface area (TPSA) is 79.4 Å². The Morgan fingerprint density at radius 2 is 1.72 bits per heavy atom. The molecule has 0 saturated heterocycles. The number of halogens is 1. The van der Waals surface area contributed by atoms with Gasteiger partial charge in [0.2, 0.25) is 10.0 Å². The van der Waals surface area contributed by atoms with E-state index in [1.165, 1.54) is 28.6 Å². The molecule has 0 radical (unpaired) electrons. The summed E-state index contributed by atoms with van der Waals surface area (Å²) in [7, 11) is -3.57. The van der Waals surface area contributed by atoms with Crippen molar-refractivity contribution in [2.24, 2.45) is 0 Å². The van der Waals surface area contributed by atoms with E-state index in [4.69, 9.17) is 0 Å². The summed E-state index contributed by atoms with van der Waals surface area (Å²) < 4.78 is 38.8. The third kappa shape index (κ3) is 5.61. The number of nitrogens with zero attached hydrogens (tertiary/aromatic N) is 2. The molecule has 0 aliphatic carbocycles. The van der Waals surface area contributed by atoms with Crippen LogP contribution in [0.1, 0.15) is 21.6 Å². The lowest BCUT2D eigenvalue weighted by atomic mass is 10.1. The number of amides is 1. The summed E-state index contributed by atoms with van der Waals surface area (Å²) in [6.07, 6.45) is 2.75. The third-order valence-corrected chi connectivity index (χ3v) is 5.35. The second kappa shape index (κ2) is 8.83. The van der Waals surface area contributed by atoms with Crippen molar-refractivity contribution in [1.29, 1.82) is 0 Å². The molecule has 0 aliphatic rings. The van der Waals surface area contributed by atoms with Gasteiger partial charge in [0.15, 0.2) is 0 Å². The number of carbonyl (C=O) groups is 1. The first kappa shape index (κ1) is 20.5. The maximum atomic E-state index is 13.1. The van der Waals surface area contributed by atoms with Gasteiger partial charge in [0.25, 0.3) is 5.91 Å². The van der Waals surface area contributed by atoms with E-state index in [0.29, 0.717) is 23.4 Å². The van der Waals surface area contributed by atoms with Gasteiger partial charge in [-0.2, -0.15) is 0 Å². The van der Waals surface area contributed by atoms with E-state index >= 15 is 0 Å². The van der Waals surface area contributed by atoms with Crippen LogP contribution in [0.25, 0.3) is 0 Å². The quantitative estimate of drug-likeness (QED) is 0.646. The number of anilines is 1. The summed E-state index contributed by atoms with van der Waals surface area (Å²) in [4.78, 5) is 16.5. The first-order valence-corrected chi connectivity index (χ1v) is 10.7. The maximum absolute atomic E-state index is 13.1. The molecule has 8 heteroatoms. The molecule has 0 bridgehead atoms. The monoisotopic (exact) mass is 413 g/mol. The van der Waals surface area contributed by atoms with Gasteiger partial charge in [0.05, 0.1) is 30.7 Å². The molecule has 3 rings (SSSR count). The Bertz CT molecular complexity index is 1070. The van der Waals surface area contributed by atoms with Gasteiger partial charge in [-0.1, -0.05) is 18.2 Å². The fraction of sp³-hybridized carbons (Fsp3) is 0.143. The van der Waals surface area contributed by atoms with Gasteiger partial charge in [-0.25, -0.2) is 12.8 Å². The molecule has 0 spiro atoms. The Kier molecular flexibility index (Phi) is 6.23. The largest absolute Gasteiger partial charge is 0.346 e. The first-order chi connectivity index (χ1) is 13.8. The fourth-order valence-corrected chi connectivity index (χ4v) is 3.60. The van der Waals surface area contributed by atoms with Crippen LogP contribution in [0.2, 0.25) is 0 Å². The van der Waals surface area contributed by atoms with Crippen molar-refractivity contribution in [3.8, 4) is 0 Å². The van der Waals surface area contributed by atoms with E-state index in [9.17, 15) is 17.6 Å². The highest BCUT2D eigenvalue weighted by molar-refractivity contribution is 7.92. The second-order valence-corrected chi connectivity index (χ2v) is 8.35. The number of aromatic nitrogens is 1. The number of carbonyl (C=O) groups excluding carboxylic acids is 1. The SMILES string of the molecule is CS(=O)(=O)N(Cc1ccc(F)cc1)c1ccc(C(=O)NCc2ccccn2)cc1. The Hall–Kier alpha value is -3.26. The molecule has 1 amide bonds. The van der Waals surface area contributed by atoms with Crippen LogP contribution in [-0.4, -0.2) is 25.6 Å². The highest BCUT2D eigenvalue weighted by Crippen LogP contribution is 2.21. The van der Waals surface area contributed by atoms with Crippen molar-refractivity contribution in [3.63, 3.8) is 0 Å². The lowest BCUT2D eigenvalue weighted by molar-refractivity contribution is 0.0950. The van der Waals surface area contributed by atoms with E-state index in [0.717, 1.165) is 11.9 Å². The molecule has 1 aromatic heterocycles. The Labute approximate surface area is 169 Å². The number of sulfonamides is 1. The van der Waals surface area contributed by atoms with Crippen LogP contribution in [0, 0.1) is 5.82 Å². The highest BCUT2D eigenvalue weighted by atomic mass is 32.2. The predicted octanol–water partition coefficient (Wildman–Crippen LogP) is 3.12. The molecular formula is C21H20FN3O3S. The molecule has 150 valence electrons. The molecule has 0 aliphatic heterocycles. The number of benzene rings is 2.